The summed E-state index contributed by atoms with van der Waals surface area (Å²) in [6, 6.07) is -0.331. The first-order chi connectivity index (χ1) is 4.72. The Morgan fingerprint density at radius 1 is 1.80 bits per heavy atom. The second-order valence-electron chi connectivity index (χ2n) is 2.20. The summed E-state index contributed by atoms with van der Waals surface area (Å²) in [5.74, 6) is -0.920. The highest BCUT2D eigenvalue weighted by Gasteiger charge is 2.15. The quantitative estimate of drug-likeness (QED) is 0.548. The number of allylic oxidation sites excluding steroid dienone is 2. The highest BCUT2D eigenvalue weighted by Crippen LogP contribution is 2.10. The standard InChI is InChI=1S/C7H9NO2/c8-6-4-2-1-3-5(6)7(9)10/h1-3,6H,4,8H2,(H,9,10). The largest absolute Gasteiger partial charge is 0.478 e. The third-order valence-electron chi connectivity index (χ3n) is 1.45. The molecule has 10 heavy (non-hydrogen) atoms. The molecule has 0 heterocycles. The molecule has 0 aromatic rings. The van der Waals surface area contributed by atoms with E-state index in [0.29, 0.717) is 12.0 Å². The lowest BCUT2D eigenvalue weighted by molar-refractivity contribution is -0.132. The van der Waals surface area contributed by atoms with Gasteiger partial charge in [0.05, 0.1) is 5.57 Å². The topological polar surface area (TPSA) is 63.3 Å². The Balaban J connectivity index is 2.80. The number of rotatable bonds is 1. The fourth-order valence-electron chi connectivity index (χ4n) is 0.877. The summed E-state index contributed by atoms with van der Waals surface area (Å²) in [6.45, 7) is 0. The van der Waals surface area contributed by atoms with E-state index in [9.17, 15) is 4.79 Å². The van der Waals surface area contributed by atoms with Crippen LogP contribution < -0.4 is 5.73 Å². The van der Waals surface area contributed by atoms with Crippen LogP contribution in [0.5, 0.6) is 0 Å². The van der Waals surface area contributed by atoms with Crippen LogP contribution in [0.25, 0.3) is 0 Å². The van der Waals surface area contributed by atoms with E-state index in [4.69, 9.17) is 10.8 Å². The molecule has 0 aliphatic heterocycles. The first-order valence-corrected chi connectivity index (χ1v) is 3.07. The van der Waals surface area contributed by atoms with E-state index in [-0.39, 0.29) is 6.04 Å². The number of carboxylic acids is 1. The molecule has 0 radical (unpaired) electrons. The lowest BCUT2D eigenvalue weighted by Crippen LogP contribution is -2.27. The van der Waals surface area contributed by atoms with Crippen LogP contribution >= 0.6 is 0 Å². The van der Waals surface area contributed by atoms with E-state index < -0.39 is 5.97 Å². The molecule has 1 rings (SSSR count). The molecule has 0 fully saturated rings. The predicted molar refractivity (Wildman–Crippen MR) is 37.5 cm³/mol. The first-order valence-electron chi connectivity index (χ1n) is 3.07. The van der Waals surface area contributed by atoms with Crippen LogP contribution in [0.2, 0.25) is 0 Å². The average Bonchev–Trinajstić information content (AvgIpc) is 1.88. The van der Waals surface area contributed by atoms with Gasteiger partial charge in [0, 0.05) is 6.04 Å². The van der Waals surface area contributed by atoms with Crippen LogP contribution in [0.15, 0.2) is 23.8 Å². The van der Waals surface area contributed by atoms with Gasteiger partial charge < -0.3 is 10.8 Å². The smallest absolute Gasteiger partial charge is 0.333 e. The zero-order chi connectivity index (χ0) is 7.56. The van der Waals surface area contributed by atoms with Crippen molar-refractivity contribution in [1.82, 2.24) is 0 Å². The highest BCUT2D eigenvalue weighted by atomic mass is 16.4. The lowest BCUT2D eigenvalue weighted by Gasteiger charge is -2.11. The van der Waals surface area contributed by atoms with Crippen molar-refractivity contribution in [3.05, 3.63) is 23.8 Å². The lowest BCUT2D eigenvalue weighted by atomic mass is 10.0. The number of aliphatic carboxylic acids is 1. The predicted octanol–water partition coefficient (Wildman–Crippen LogP) is 0.285. The van der Waals surface area contributed by atoms with Gasteiger partial charge in [-0.2, -0.15) is 0 Å². The minimum atomic E-state index is -0.920. The molecule has 0 aromatic heterocycles. The maximum absolute atomic E-state index is 10.4. The van der Waals surface area contributed by atoms with E-state index in [2.05, 4.69) is 0 Å². The molecular formula is C7H9NO2. The average molecular weight is 139 g/mol. The van der Waals surface area contributed by atoms with Gasteiger partial charge in [0.1, 0.15) is 0 Å². The normalized spacial score (nSPS) is 24.1. The summed E-state index contributed by atoms with van der Waals surface area (Å²) >= 11 is 0. The molecule has 0 saturated carbocycles. The fourth-order valence-corrected chi connectivity index (χ4v) is 0.877. The number of carbonyl (C=O) groups is 1. The highest BCUT2D eigenvalue weighted by molar-refractivity contribution is 5.88. The first kappa shape index (κ1) is 7.02. The number of nitrogens with two attached hydrogens (primary N) is 1. The molecule has 1 atom stereocenters. The van der Waals surface area contributed by atoms with Crippen molar-refractivity contribution in [2.24, 2.45) is 5.73 Å². The molecule has 0 bridgehead atoms. The van der Waals surface area contributed by atoms with Crippen molar-refractivity contribution in [3.63, 3.8) is 0 Å². The molecule has 0 spiro atoms. The zero-order valence-corrected chi connectivity index (χ0v) is 5.45. The minimum Gasteiger partial charge on any atom is -0.478 e. The van der Waals surface area contributed by atoms with Crippen molar-refractivity contribution >= 4 is 5.97 Å². The van der Waals surface area contributed by atoms with Crippen molar-refractivity contribution in [2.75, 3.05) is 0 Å². The van der Waals surface area contributed by atoms with E-state index in [0.717, 1.165) is 0 Å². The van der Waals surface area contributed by atoms with Crippen LogP contribution in [0.3, 0.4) is 0 Å². The Hall–Kier alpha value is -1.09. The van der Waals surface area contributed by atoms with Gasteiger partial charge in [-0.25, -0.2) is 4.79 Å². The minimum absolute atomic E-state index is 0.294. The maximum atomic E-state index is 10.4. The summed E-state index contributed by atoms with van der Waals surface area (Å²) in [7, 11) is 0. The van der Waals surface area contributed by atoms with E-state index >= 15 is 0 Å². The van der Waals surface area contributed by atoms with Crippen LogP contribution in [0, 0.1) is 0 Å². The Bertz CT molecular complexity index is 206. The fraction of sp³-hybridized carbons (Fsp3) is 0.286. The molecule has 54 valence electrons. The number of hydrogen-bond acceptors (Lipinski definition) is 2. The molecule has 0 saturated heterocycles. The van der Waals surface area contributed by atoms with Crippen LogP contribution in [-0.2, 0) is 4.79 Å². The van der Waals surface area contributed by atoms with Gasteiger partial charge in [-0.3, -0.25) is 0 Å². The summed E-state index contributed by atoms with van der Waals surface area (Å²) in [5.41, 5.74) is 5.77. The Labute approximate surface area is 58.8 Å². The molecule has 1 aliphatic carbocycles. The van der Waals surface area contributed by atoms with E-state index in [1.807, 2.05) is 6.08 Å². The van der Waals surface area contributed by atoms with Crippen molar-refractivity contribution in [2.45, 2.75) is 12.5 Å². The molecule has 0 amide bonds. The van der Waals surface area contributed by atoms with Gasteiger partial charge in [0.15, 0.2) is 0 Å². The van der Waals surface area contributed by atoms with Crippen LogP contribution in [0.1, 0.15) is 6.42 Å². The monoisotopic (exact) mass is 139 g/mol. The Morgan fingerprint density at radius 3 is 2.90 bits per heavy atom. The number of carboxylic acid groups (broad SMARTS) is 1. The van der Waals surface area contributed by atoms with Crippen molar-refractivity contribution in [1.29, 1.82) is 0 Å². The Morgan fingerprint density at radius 2 is 2.50 bits per heavy atom. The van der Waals surface area contributed by atoms with Gasteiger partial charge >= 0.3 is 5.97 Å². The molecule has 1 unspecified atom stereocenters. The van der Waals surface area contributed by atoms with E-state index in [1.54, 1.807) is 6.08 Å². The molecule has 3 heteroatoms. The zero-order valence-electron chi connectivity index (χ0n) is 5.45. The third-order valence-corrected chi connectivity index (χ3v) is 1.45. The van der Waals surface area contributed by atoms with Gasteiger partial charge in [-0.15, -0.1) is 0 Å². The van der Waals surface area contributed by atoms with Gasteiger partial charge in [0.25, 0.3) is 0 Å². The molecule has 3 N–H and O–H groups in total. The summed E-state index contributed by atoms with van der Waals surface area (Å²) in [5, 5.41) is 8.53. The van der Waals surface area contributed by atoms with Crippen molar-refractivity contribution in [3.8, 4) is 0 Å². The van der Waals surface area contributed by atoms with Gasteiger partial charge in [-0.05, 0) is 6.42 Å². The summed E-state index contributed by atoms with van der Waals surface area (Å²) < 4.78 is 0. The van der Waals surface area contributed by atoms with Crippen molar-refractivity contribution < 1.29 is 9.90 Å². The summed E-state index contributed by atoms with van der Waals surface area (Å²) in [4.78, 5) is 10.4. The summed E-state index contributed by atoms with van der Waals surface area (Å²) in [6.07, 6.45) is 5.73. The number of hydrogen-bond donors (Lipinski definition) is 2. The molecular weight excluding hydrogens is 130 g/mol. The molecule has 1 aliphatic rings. The van der Waals surface area contributed by atoms with Crippen LogP contribution in [0.4, 0.5) is 0 Å². The SMILES string of the molecule is NC1CC=CC=C1C(=O)O. The maximum Gasteiger partial charge on any atom is 0.333 e. The second-order valence-corrected chi connectivity index (χ2v) is 2.20. The van der Waals surface area contributed by atoms with Gasteiger partial charge in [-0.1, -0.05) is 18.2 Å². The van der Waals surface area contributed by atoms with Gasteiger partial charge in [0.2, 0.25) is 0 Å². The van der Waals surface area contributed by atoms with E-state index in [1.165, 1.54) is 6.08 Å². The Kier molecular flexibility index (Phi) is 1.87. The second kappa shape index (κ2) is 2.66. The third kappa shape index (κ3) is 1.25. The molecule has 3 nitrogen and oxygen atoms in total. The molecule has 0 aromatic carbocycles. The van der Waals surface area contributed by atoms with Crippen LogP contribution in [-0.4, -0.2) is 17.1 Å².